The lowest BCUT2D eigenvalue weighted by Gasteiger charge is -2.40. The first kappa shape index (κ1) is 24.6. The lowest BCUT2D eigenvalue weighted by molar-refractivity contribution is -0.129. The van der Waals surface area contributed by atoms with Gasteiger partial charge in [-0.3, -0.25) is 29.5 Å². The van der Waals surface area contributed by atoms with Crippen LogP contribution in [0.2, 0.25) is 10.6 Å². The lowest BCUT2D eigenvalue weighted by atomic mass is 9.75. The van der Waals surface area contributed by atoms with Gasteiger partial charge in [0.1, 0.15) is 11.7 Å². The van der Waals surface area contributed by atoms with E-state index in [2.05, 4.69) is 15.6 Å². The third-order valence-electron chi connectivity index (χ3n) is 7.56. The van der Waals surface area contributed by atoms with Crippen LogP contribution in [0.25, 0.3) is 0 Å². The van der Waals surface area contributed by atoms with Gasteiger partial charge in [-0.15, -0.1) is 0 Å². The van der Waals surface area contributed by atoms with E-state index in [0.717, 1.165) is 6.42 Å². The van der Waals surface area contributed by atoms with Gasteiger partial charge in [-0.1, -0.05) is 11.6 Å². The second-order valence-electron chi connectivity index (χ2n) is 9.78. The molecule has 0 spiro atoms. The molecule has 1 saturated heterocycles. The van der Waals surface area contributed by atoms with Crippen LogP contribution in [-0.4, -0.2) is 55.5 Å². The largest absolute Gasteiger partial charge is 0.340 e. The van der Waals surface area contributed by atoms with E-state index in [4.69, 9.17) is 11.6 Å². The Hall–Kier alpha value is -3.11. The Kier molecular flexibility index (Phi) is 6.42. The van der Waals surface area contributed by atoms with Gasteiger partial charge in [0.25, 0.3) is 11.8 Å². The predicted molar refractivity (Wildman–Crippen MR) is 133 cm³/mol. The van der Waals surface area contributed by atoms with Crippen LogP contribution in [-0.2, 0) is 16.1 Å². The van der Waals surface area contributed by atoms with E-state index < -0.39 is 23.2 Å². The number of hydrogen-bond donors (Lipinski definition) is 2. The van der Waals surface area contributed by atoms with Crippen molar-refractivity contribution in [2.75, 3.05) is 0 Å². The van der Waals surface area contributed by atoms with Crippen LogP contribution in [0.3, 0.4) is 0 Å². The highest BCUT2D eigenvalue weighted by atomic mass is 35.5. The molecule has 2 fully saturated rings. The Morgan fingerprint density at radius 2 is 2.06 bits per heavy atom. The first-order valence-corrected chi connectivity index (χ1v) is 13.6. The molecule has 1 aromatic heterocycles. The molecule has 1 aliphatic carbocycles. The van der Waals surface area contributed by atoms with Crippen LogP contribution < -0.4 is 10.6 Å². The number of hydrogen-bond acceptors (Lipinski definition) is 5. The van der Waals surface area contributed by atoms with Crippen molar-refractivity contribution < 1.29 is 23.6 Å². The summed E-state index contributed by atoms with van der Waals surface area (Å²) in [5.41, 5.74) is -0.347. The molecule has 1 unspecified atom stereocenters. The van der Waals surface area contributed by atoms with E-state index in [1.54, 1.807) is 35.2 Å². The quantitative estimate of drug-likeness (QED) is 0.456. The molecule has 3 heterocycles. The summed E-state index contributed by atoms with van der Waals surface area (Å²) in [5.74, 6) is -1.38. The average molecular weight is 529 g/mol. The summed E-state index contributed by atoms with van der Waals surface area (Å²) in [5, 5.41) is 5.46. The highest BCUT2D eigenvalue weighted by molar-refractivity contribution is 6.31. The van der Waals surface area contributed by atoms with Gasteiger partial charge in [-0.25, -0.2) is 4.39 Å². The maximum atomic E-state index is 15.6. The van der Waals surface area contributed by atoms with Crippen molar-refractivity contribution in [2.24, 2.45) is 0 Å². The molecule has 3 atom stereocenters. The number of halogens is 2. The summed E-state index contributed by atoms with van der Waals surface area (Å²) in [7, 11) is 0.490. The molecule has 11 heteroatoms. The maximum Gasteiger partial charge on any atom is 0.254 e. The zero-order chi connectivity index (χ0) is 25.6. The van der Waals surface area contributed by atoms with Crippen LogP contribution in [0.1, 0.15) is 70.1 Å². The molecule has 4 amide bonds. The molecule has 2 aromatic rings. The number of imide groups is 1. The van der Waals surface area contributed by atoms with Crippen molar-refractivity contribution in [3.8, 4) is 0 Å². The molecule has 0 bridgehead atoms. The fraction of sp³-hybridized carbons (Fsp3) is 0.400. The van der Waals surface area contributed by atoms with Crippen molar-refractivity contribution in [1.82, 2.24) is 20.5 Å². The molecule has 1 aromatic carbocycles. The van der Waals surface area contributed by atoms with Crippen molar-refractivity contribution in [3.05, 3.63) is 63.9 Å². The predicted octanol–water partition coefficient (Wildman–Crippen LogP) is 2.01. The summed E-state index contributed by atoms with van der Waals surface area (Å²) in [4.78, 5) is 56.4. The zero-order valence-electron chi connectivity index (χ0n) is 19.7. The summed E-state index contributed by atoms with van der Waals surface area (Å²) < 4.78 is 15.6. The molecule has 1 saturated carbocycles. The van der Waals surface area contributed by atoms with Crippen LogP contribution in [0.15, 0.2) is 36.5 Å². The molecule has 2 aliphatic heterocycles. The molecular formula is C25H26ClFN4O4Si. The van der Waals surface area contributed by atoms with Gasteiger partial charge in [0.05, 0.1) is 10.7 Å². The second-order valence-corrected chi connectivity index (χ2v) is 11.4. The topological polar surface area (TPSA) is 108 Å². The molecular weight excluding hydrogens is 503 g/mol. The van der Waals surface area contributed by atoms with Gasteiger partial charge in [0.15, 0.2) is 0 Å². The number of amides is 4. The number of nitrogens with one attached hydrogen (secondary N) is 2. The fourth-order valence-electron chi connectivity index (χ4n) is 5.27. The summed E-state index contributed by atoms with van der Waals surface area (Å²) in [6.07, 6.45) is 3.42. The number of alkyl halides is 1. The normalized spacial score (nSPS) is 23.9. The van der Waals surface area contributed by atoms with E-state index in [1.807, 2.05) is 0 Å². The number of pyridine rings is 1. The number of carbonyl (C=O) groups is 4. The monoisotopic (exact) mass is 528 g/mol. The number of nitrogens with zero attached hydrogens (tertiary/aromatic N) is 2. The molecule has 2 N–H and O–H groups in total. The number of fused-ring (bicyclic) bond motifs is 1. The molecule has 3 aliphatic rings. The van der Waals surface area contributed by atoms with E-state index in [0.29, 0.717) is 46.2 Å². The van der Waals surface area contributed by atoms with E-state index in [1.165, 1.54) is 6.20 Å². The van der Waals surface area contributed by atoms with Gasteiger partial charge < -0.3 is 10.2 Å². The van der Waals surface area contributed by atoms with Crippen molar-refractivity contribution in [3.63, 3.8) is 0 Å². The molecule has 8 nitrogen and oxygen atoms in total. The number of benzene rings is 1. The summed E-state index contributed by atoms with van der Waals surface area (Å²) >= 11 is 6.29. The van der Waals surface area contributed by atoms with Crippen LogP contribution >= 0.6 is 11.6 Å². The van der Waals surface area contributed by atoms with Gasteiger partial charge in [0.2, 0.25) is 11.8 Å². The van der Waals surface area contributed by atoms with Crippen molar-refractivity contribution in [1.29, 1.82) is 0 Å². The SMILES string of the molecule is O=C1CC[C@H](N2Cc3cc(C(=O)N[C@H](c4ncccc4Cl)C4(F)CCC4)ccc3C2=O)C([SiH3])C(=O)N1. The minimum absolute atomic E-state index is 0.172. The smallest absolute Gasteiger partial charge is 0.254 e. The van der Waals surface area contributed by atoms with Gasteiger partial charge in [0, 0.05) is 52.1 Å². The van der Waals surface area contributed by atoms with Gasteiger partial charge in [-0.05, 0) is 61.6 Å². The minimum Gasteiger partial charge on any atom is -0.340 e. The molecule has 188 valence electrons. The fourth-order valence-corrected chi connectivity index (χ4v) is 6.33. The second kappa shape index (κ2) is 9.40. The van der Waals surface area contributed by atoms with E-state index in [-0.39, 0.29) is 47.4 Å². The third-order valence-corrected chi connectivity index (χ3v) is 9.17. The average Bonchev–Trinajstić information content (AvgIpc) is 3.10. The summed E-state index contributed by atoms with van der Waals surface area (Å²) in [6, 6.07) is 6.67. The summed E-state index contributed by atoms with van der Waals surface area (Å²) in [6.45, 7) is 0.239. The third kappa shape index (κ3) is 4.32. The van der Waals surface area contributed by atoms with Crippen molar-refractivity contribution >= 4 is 45.5 Å². The van der Waals surface area contributed by atoms with Crippen LogP contribution in [0.5, 0.6) is 0 Å². The Bertz CT molecular complexity index is 1270. The molecule has 0 radical (unpaired) electrons. The van der Waals surface area contributed by atoms with Gasteiger partial charge in [-0.2, -0.15) is 0 Å². The Balaban J connectivity index is 1.38. The number of aromatic nitrogens is 1. The zero-order valence-corrected chi connectivity index (χ0v) is 22.5. The lowest BCUT2D eigenvalue weighted by Crippen LogP contribution is -2.48. The van der Waals surface area contributed by atoms with Crippen molar-refractivity contribution in [2.45, 2.75) is 61.9 Å². The Morgan fingerprint density at radius 3 is 2.75 bits per heavy atom. The number of carbonyl (C=O) groups excluding carboxylic acids is 4. The van der Waals surface area contributed by atoms with Gasteiger partial charge >= 0.3 is 0 Å². The van der Waals surface area contributed by atoms with E-state index in [9.17, 15) is 19.2 Å². The number of rotatable bonds is 5. The molecule has 36 heavy (non-hydrogen) atoms. The first-order chi connectivity index (χ1) is 17.2. The van der Waals surface area contributed by atoms with Crippen LogP contribution in [0.4, 0.5) is 4.39 Å². The molecule has 5 rings (SSSR count). The highest BCUT2D eigenvalue weighted by Crippen LogP contribution is 2.46. The minimum atomic E-state index is -1.63. The maximum absolute atomic E-state index is 15.6. The first-order valence-electron chi connectivity index (χ1n) is 12.1. The Labute approximate surface area is 215 Å². The van der Waals surface area contributed by atoms with Crippen LogP contribution in [0, 0.1) is 0 Å². The highest BCUT2D eigenvalue weighted by Gasteiger charge is 2.48. The Morgan fingerprint density at radius 1 is 1.28 bits per heavy atom. The van der Waals surface area contributed by atoms with E-state index >= 15 is 4.39 Å². The standard InChI is InChI=1S/C25H26ClFN4O4Si/c26-16-3-1-10-28-19(16)21(25(27)8-2-9-25)30-22(33)13-4-5-15-14(11-13)12-31(24(15)35)17-6-7-18(32)29-23(34)20(17)36/h1,3-5,10-11,17,20-21H,2,6-9,12H2,36H3,(H,30,33)(H,29,32,34)/t17-,20?,21+/m0/s1.